The van der Waals surface area contributed by atoms with Crippen molar-refractivity contribution in [2.24, 2.45) is 0 Å². The van der Waals surface area contributed by atoms with E-state index in [4.69, 9.17) is 15.2 Å². The quantitative estimate of drug-likeness (QED) is 0.646. The van der Waals surface area contributed by atoms with Crippen LogP contribution < -0.4 is 15.8 Å². The Bertz CT molecular complexity index is 334. The van der Waals surface area contributed by atoms with Crippen LogP contribution in [0.25, 0.3) is 0 Å². The summed E-state index contributed by atoms with van der Waals surface area (Å²) in [5.74, 6) is 0.583. The second-order valence-corrected chi connectivity index (χ2v) is 3.42. The Morgan fingerprint density at radius 2 is 2.06 bits per heavy atom. The molecule has 1 aromatic heterocycles. The van der Waals surface area contributed by atoms with E-state index in [2.05, 4.69) is 20.3 Å². The summed E-state index contributed by atoms with van der Waals surface area (Å²) in [6.07, 6.45) is 1.76. The number of hydrogen-bond donors (Lipinski definition) is 2. The first-order chi connectivity index (χ1) is 8.26. The number of ether oxygens (including phenoxy) is 2. The van der Waals surface area contributed by atoms with Gasteiger partial charge in [0.2, 0.25) is 11.9 Å². The van der Waals surface area contributed by atoms with E-state index < -0.39 is 0 Å². The van der Waals surface area contributed by atoms with Crippen LogP contribution in [0.1, 0.15) is 19.8 Å². The molecule has 0 amide bonds. The molecule has 1 heterocycles. The second kappa shape index (κ2) is 7.61. The van der Waals surface area contributed by atoms with Crippen molar-refractivity contribution >= 4 is 11.9 Å². The maximum Gasteiger partial charge on any atom is 0.323 e. The smallest absolute Gasteiger partial charge is 0.323 e. The predicted octanol–water partition coefficient (Wildman–Crippen LogP) is 0.691. The number of aromatic nitrogens is 3. The molecule has 0 aliphatic carbocycles. The number of nitrogens with one attached hydrogen (secondary N) is 1. The van der Waals surface area contributed by atoms with Crippen LogP contribution in [0.2, 0.25) is 0 Å². The van der Waals surface area contributed by atoms with E-state index in [1.54, 1.807) is 7.11 Å². The molecule has 0 aliphatic heterocycles. The first-order valence-electron chi connectivity index (χ1n) is 5.63. The molecule has 1 rings (SSSR count). The van der Waals surface area contributed by atoms with Crippen LogP contribution >= 0.6 is 0 Å². The van der Waals surface area contributed by atoms with Gasteiger partial charge in [-0.3, -0.25) is 0 Å². The Morgan fingerprint density at radius 1 is 1.24 bits per heavy atom. The molecule has 0 radical (unpaired) electrons. The fourth-order valence-electron chi connectivity index (χ4n) is 1.13. The largest absolute Gasteiger partial charge is 0.463 e. The van der Waals surface area contributed by atoms with E-state index in [0.29, 0.717) is 25.7 Å². The Kier molecular flexibility index (Phi) is 6.02. The fraction of sp³-hybridized carbons (Fsp3) is 0.700. The van der Waals surface area contributed by atoms with Crippen molar-refractivity contribution in [3.8, 4) is 6.01 Å². The molecule has 0 unspecified atom stereocenters. The van der Waals surface area contributed by atoms with E-state index in [-0.39, 0.29) is 12.0 Å². The van der Waals surface area contributed by atoms with Gasteiger partial charge in [-0.25, -0.2) is 0 Å². The van der Waals surface area contributed by atoms with Gasteiger partial charge in [-0.2, -0.15) is 15.0 Å². The molecule has 1 aromatic rings. The molecule has 0 aromatic carbocycles. The molecule has 96 valence electrons. The number of rotatable bonds is 8. The Morgan fingerprint density at radius 3 is 2.76 bits per heavy atom. The average molecular weight is 241 g/mol. The topological polar surface area (TPSA) is 95.2 Å². The average Bonchev–Trinajstić information content (AvgIpc) is 2.31. The molecule has 0 bridgehead atoms. The lowest BCUT2D eigenvalue weighted by Crippen LogP contribution is -2.11. The number of nitrogens with two attached hydrogens (primary N) is 1. The van der Waals surface area contributed by atoms with Gasteiger partial charge in [0.25, 0.3) is 0 Å². The molecule has 0 saturated heterocycles. The van der Waals surface area contributed by atoms with E-state index in [0.717, 1.165) is 12.8 Å². The maximum absolute atomic E-state index is 5.55. The van der Waals surface area contributed by atoms with Gasteiger partial charge >= 0.3 is 6.01 Å². The van der Waals surface area contributed by atoms with Gasteiger partial charge in [-0.15, -0.1) is 0 Å². The molecule has 3 N–H and O–H groups in total. The Hall–Kier alpha value is -1.63. The van der Waals surface area contributed by atoms with Gasteiger partial charge in [0, 0.05) is 20.3 Å². The highest BCUT2D eigenvalue weighted by atomic mass is 16.5. The molecule has 0 atom stereocenters. The van der Waals surface area contributed by atoms with E-state index >= 15 is 0 Å². The van der Waals surface area contributed by atoms with Crippen molar-refractivity contribution in [1.82, 2.24) is 15.0 Å². The highest BCUT2D eigenvalue weighted by Crippen LogP contribution is 2.08. The zero-order valence-corrected chi connectivity index (χ0v) is 10.3. The van der Waals surface area contributed by atoms with Gasteiger partial charge in [-0.1, -0.05) is 6.92 Å². The van der Waals surface area contributed by atoms with Gasteiger partial charge in [0.05, 0.1) is 6.61 Å². The molecule has 0 aliphatic rings. The molecule has 0 saturated carbocycles. The summed E-state index contributed by atoms with van der Waals surface area (Å²) in [4.78, 5) is 11.9. The van der Waals surface area contributed by atoms with Crippen LogP contribution in [0.15, 0.2) is 0 Å². The van der Waals surface area contributed by atoms with Crippen molar-refractivity contribution in [3.63, 3.8) is 0 Å². The minimum absolute atomic E-state index is 0.153. The van der Waals surface area contributed by atoms with Crippen molar-refractivity contribution in [1.29, 1.82) is 0 Å². The number of nitrogens with zero attached hydrogens (tertiary/aromatic N) is 3. The summed E-state index contributed by atoms with van der Waals surface area (Å²) >= 11 is 0. The van der Waals surface area contributed by atoms with Crippen LogP contribution in [0, 0.1) is 0 Å². The molecular weight excluding hydrogens is 222 g/mol. The standard InChI is InChI=1S/C10H19N5O2/c1-3-6-17-10-14-8(11)13-9(15-10)12-5-4-7-16-2/h3-7H2,1-2H3,(H3,11,12,13,14,15). The minimum atomic E-state index is 0.153. The molecular formula is C10H19N5O2. The zero-order chi connectivity index (χ0) is 12.5. The predicted molar refractivity (Wildman–Crippen MR) is 65.0 cm³/mol. The lowest BCUT2D eigenvalue weighted by atomic mass is 10.4. The normalized spacial score (nSPS) is 10.2. The van der Waals surface area contributed by atoms with Gasteiger partial charge in [-0.05, 0) is 12.8 Å². The first-order valence-corrected chi connectivity index (χ1v) is 5.63. The lowest BCUT2D eigenvalue weighted by molar-refractivity contribution is 0.197. The van der Waals surface area contributed by atoms with Gasteiger partial charge in [0.15, 0.2) is 0 Å². The van der Waals surface area contributed by atoms with Crippen LogP contribution in [0.5, 0.6) is 6.01 Å². The molecule has 7 nitrogen and oxygen atoms in total. The third-order valence-corrected chi connectivity index (χ3v) is 1.88. The van der Waals surface area contributed by atoms with Crippen molar-refractivity contribution < 1.29 is 9.47 Å². The summed E-state index contributed by atoms with van der Waals surface area (Å²) in [5, 5.41) is 3.03. The molecule has 0 spiro atoms. The van der Waals surface area contributed by atoms with Crippen molar-refractivity contribution in [2.75, 3.05) is 37.9 Å². The fourth-order valence-corrected chi connectivity index (χ4v) is 1.13. The summed E-state index contributed by atoms with van der Waals surface area (Å²) in [6.45, 7) is 3.97. The summed E-state index contributed by atoms with van der Waals surface area (Å²) in [6, 6.07) is 0.258. The third-order valence-electron chi connectivity index (χ3n) is 1.88. The Balaban J connectivity index is 2.50. The summed E-state index contributed by atoms with van der Waals surface area (Å²) in [7, 11) is 1.66. The minimum Gasteiger partial charge on any atom is -0.463 e. The number of nitrogen functional groups attached to an aromatic ring is 1. The molecule has 0 fully saturated rings. The first kappa shape index (κ1) is 13.4. The van der Waals surface area contributed by atoms with Crippen LogP contribution in [0.3, 0.4) is 0 Å². The third kappa shape index (κ3) is 5.30. The van der Waals surface area contributed by atoms with Crippen molar-refractivity contribution in [2.45, 2.75) is 19.8 Å². The lowest BCUT2D eigenvalue weighted by Gasteiger charge is -2.07. The second-order valence-electron chi connectivity index (χ2n) is 3.42. The van der Waals surface area contributed by atoms with E-state index in [1.807, 2.05) is 6.92 Å². The highest BCUT2D eigenvalue weighted by molar-refractivity contribution is 5.32. The monoisotopic (exact) mass is 241 g/mol. The maximum atomic E-state index is 5.55. The van der Waals surface area contributed by atoms with Crippen LogP contribution in [-0.4, -0.2) is 41.8 Å². The van der Waals surface area contributed by atoms with E-state index in [1.165, 1.54) is 0 Å². The highest BCUT2D eigenvalue weighted by Gasteiger charge is 2.04. The van der Waals surface area contributed by atoms with Gasteiger partial charge < -0.3 is 20.5 Å². The molecule has 17 heavy (non-hydrogen) atoms. The summed E-state index contributed by atoms with van der Waals surface area (Å²) in [5.41, 5.74) is 5.55. The number of hydrogen-bond acceptors (Lipinski definition) is 7. The van der Waals surface area contributed by atoms with Crippen molar-refractivity contribution in [3.05, 3.63) is 0 Å². The molecule has 7 heteroatoms. The summed E-state index contributed by atoms with van der Waals surface area (Å²) < 4.78 is 10.2. The Labute approximate surface area is 101 Å². The zero-order valence-electron chi connectivity index (χ0n) is 10.3. The SMILES string of the molecule is CCCOc1nc(N)nc(NCCCOC)n1. The van der Waals surface area contributed by atoms with E-state index in [9.17, 15) is 0 Å². The number of methoxy groups -OCH3 is 1. The van der Waals surface area contributed by atoms with Gasteiger partial charge in [0.1, 0.15) is 0 Å². The number of anilines is 2. The van der Waals surface area contributed by atoms with Crippen LogP contribution in [0.4, 0.5) is 11.9 Å². The van der Waals surface area contributed by atoms with Crippen LogP contribution in [-0.2, 0) is 4.74 Å².